The van der Waals surface area contributed by atoms with E-state index in [4.69, 9.17) is 14.7 Å². The second-order valence-electron chi connectivity index (χ2n) is 8.14. The molecule has 3 aromatic rings. The van der Waals surface area contributed by atoms with E-state index in [0.717, 1.165) is 26.2 Å². The van der Waals surface area contributed by atoms with Crippen LogP contribution >= 0.6 is 0 Å². The fourth-order valence-electron chi connectivity index (χ4n) is 3.84. The number of esters is 1. The summed E-state index contributed by atoms with van der Waals surface area (Å²) in [4.78, 5) is 36.6. The fraction of sp³-hybridized carbons (Fsp3) is 0.348. The first kappa shape index (κ1) is 22.4. The average Bonchev–Trinajstić information content (AvgIpc) is 2.83. The summed E-state index contributed by atoms with van der Waals surface area (Å²) in [6, 6.07) is 11.8. The number of benzene rings is 2. The average molecular weight is 450 g/mol. The Morgan fingerprint density at radius 3 is 2.39 bits per heavy atom. The van der Waals surface area contributed by atoms with Crippen molar-refractivity contribution >= 4 is 40.0 Å². The molecule has 0 saturated carbocycles. The molecule has 10 heteroatoms. The van der Waals surface area contributed by atoms with Gasteiger partial charge in [-0.1, -0.05) is 0 Å². The molecule has 1 saturated heterocycles. The van der Waals surface area contributed by atoms with Gasteiger partial charge in [0.1, 0.15) is 5.82 Å². The van der Waals surface area contributed by atoms with Gasteiger partial charge in [-0.15, -0.1) is 0 Å². The molecule has 0 radical (unpaired) electrons. The van der Waals surface area contributed by atoms with Gasteiger partial charge in [0.05, 0.1) is 23.1 Å². The number of nitrogens with one attached hydrogen (secondary N) is 1. The largest absolute Gasteiger partial charge is 0.465 e. The molecule has 1 aromatic heterocycles. The van der Waals surface area contributed by atoms with Gasteiger partial charge in [0.25, 0.3) is 5.69 Å². The second-order valence-corrected chi connectivity index (χ2v) is 8.14. The third kappa shape index (κ3) is 4.85. The number of nitrogens with zero attached hydrogens (tertiary/aromatic N) is 5. The number of hydrogen-bond acceptors (Lipinski definition) is 9. The minimum atomic E-state index is -0.437. The van der Waals surface area contributed by atoms with Gasteiger partial charge in [-0.05, 0) is 44.2 Å². The predicted molar refractivity (Wildman–Crippen MR) is 126 cm³/mol. The van der Waals surface area contributed by atoms with Gasteiger partial charge in [-0.25, -0.2) is 9.78 Å². The molecule has 0 aliphatic carbocycles. The van der Waals surface area contributed by atoms with Crippen LogP contribution in [0.4, 0.5) is 23.1 Å². The zero-order chi connectivity index (χ0) is 23.5. The molecule has 2 aromatic carbocycles. The van der Waals surface area contributed by atoms with Crippen LogP contribution in [0.15, 0.2) is 42.5 Å². The Morgan fingerprint density at radius 2 is 1.79 bits per heavy atom. The zero-order valence-electron chi connectivity index (χ0n) is 18.8. The monoisotopic (exact) mass is 450 g/mol. The molecule has 172 valence electrons. The van der Waals surface area contributed by atoms with Gasteiger partial charge in [0.2, 0.25) is 5.95 Å². The number of carbonyl (C=O) groups is 1. The van der Waals surface area contributed by atoms with Gasteiger partial charge in [0.15, 0.2) is 0 Å². The standard InChI is InChI=1S/C23H26N6O4/c1-15(2)27-10-12-28(13-11-27)23-25-20-9-8-18(29(31)32)14-19(20)21(26-23)24-17-6-4-16(5-7-17)22(30)33-3/h4-9,14-15H,10-13H2,1-3H3,(H,24,25,26). The summed E-state index contributed by atoms with van der Waals surface area (Å²) < 4.78 is 4.74. The molecule has 33 heavy (non-hydrogen) atoms. The van der Waals surface area contributed by atoms with Gasteiger partial charge in [-0.3, -0.25) is 15.0 Å². The van der Waals surface area contributed by atoms with Crippen molar-refractivity contribution in [3.8, 4) is 0 Å². The molecule has 1 fully saturated rings. The number of anilines is 3. The Labute approximate surface area is 191 Å². The van der Waals surface area contributed by atoms with Crippen LogP contribution in [-0.2, 0) is 4.74 Å². The van der Waals surface area contributed by atoms with Crippen LogP contribution in [0.25, 0.3) is 10.9 Å². The topological polar surface area (TPSA) is 114 Å². The minimum absolute atomic E-state index is 0.0338. The van der Waals surface area contributed by atoms with Gasteiger partial charge < -0.3 is 15.0 Å². The number of rotatable bonds is 6. The van der Waals surface area contributed by atoms with Crippen LogP contribution in [0.3, 0.4) is 0 Å². The van der Waals surface area contributed by atoms with Crippen molar-refractivity contribution in [1.82, 2.24) is 14.9 Å². The third-order valence-corrected chi connectivity index (χ3v) is 5.77. The molecule has 2 heterocycles. The SMILES string of the molecule is COC(=O)c1ccc(Nc2nc(N3CCN(C(C)C)CC3)nc3ccc([N+](=O)[O-])cc23)cc1. The quantitative estimate of drug-likeness (QED) is 0.342. The first-order valence-corrected chi connectivity index (χ1v) is 10.8. The summed E-state index contributed by atoms with van der Waals surface area (Å²) in [5, 5.41) is 15.1. The van der Waals surface area contributed by atoms with Crippen molar-refractivity contribution in [3.63, 3.8) is 0 Å². The van der Waals surface area contributed by atoms with Crippen molar-refractivity contribution in [1.29, 1.82) is 0 Å². The Kier molecular flexibility index (Phi) is 6.36. The van der Waals surface area contributed by atoms with E-state index in [9.17, 15) is 14.9 Å². The number of non-ortho nitro benzene ring substituents is 1. The highest BCUT2D eigenvalue weighted by molar-refractivity contribution is 5.94. The predicted octanol–water partition coefficient (Wildman–Crippen LogP) is 3.60. The lowest BCUT2D eigenvalue weighted by Crippen LogP contribution is -2.49. The molecular weight excluding hydrogens is 424 g/mol. The van der Waals surface area contributed by atoms with Gasteiger partial charge in [-0.2, -0.15) is 4.98 Å². The molecule has 10 nitrogen and oxygen atoms in total. The van der Waals surface area contributed by atoms with E-state index >= 15 is 0 Å². The van der Waals surface area contributed by atoms with Crippen LogP contribution in [0.1, 0.15) is 24.2 Å². The maximum absolute atomic E-state index is 11.7. The molecule has 0 atom stereocenters. The summed E-state index contributed by atoms with van der Waals surface area (Å²) >= 11 is 0. The number of hydrogen-bond donors (Lipinski definition) is 1. The lowest BCUT2D eigenvalue weighted by Gasteiger charge is -2.37. The summed E-state index contributed by atoms with van der Waals surface area (Å²) in [7, 11) is 1.33. The Morgan fingerprint density at radius 1 is 1.09 bits per heavy atom. The molecule has 0 unspecified atom stereocenters. The van der Waals surface area contributed by atoms with Crippen LogP contribution in [0.5, 0.6) is 0 Å². The summed E-state index contributed by atoms with van der Waals surface area (Å²) in [6.45, 7) is 7.78. The maximum atomic E-state index is 11.7. The molecule has 1 aliphatic heterocycles. The fourth-order valence-corrected chi connectivity index (χ4v) is 3.84. The molecule has 0 bridgehead atoms. The van der Waals surface area contributed by atoms with Gasteiger partial charge >= 0.3 is 5.97 Å². The van der Waals surface area contributed by atoms with Crippen molar-refractivity contribution in [3.05, 3.63) is 58.1 Å². The van der Waals surface area contributed by atoms with E-state index in [1.165, 1.54) is 19.2 Å². The normalized spacial score (nSPS) is 14.5. The smallest absolute Gasteiger partial charge is 0.337 e. The first-order chi connectivity index (χ1) is 15.9. The highest BCUT2D eigenvalue weighted by atomic mass is 16.6. The first-order valence-electron chi connectivity index (χ1n) is 10.8. The van der Waals surface area contributed by atoms with Gasteiger partial charge in [0, 0.05) is 55.4 Å². The molecular formula is C23H26N6O4. The van der Waals surface area contributed by atoms with E-state index in [1.54, 1.807) is 30.3 Å². The maximum Gasteiger partial charge on any atom is 0.337 e. The van der Waals surface area contributed by atoms with E-state index in [-0.39, 0.29) is 5.69 Å². The third-order valence-electron chi connectivity index (χ3n) is 5.77. The number of carbonyl (C=O) groups excluding carboxylic acids is 1. The van der Waals surface area contributed by atoms with Crippen molar-refractivity contribution < 1.29 is 14.5 Å². The molecule has 1 N–H and O–H groups in total. The van der Waals surface area contributed by atoms with Crippen molar-refractivity contribution in [2.75, 3.05) is 43.5 Å². The summed E-state index contributed by atoms with van der Waals surface area (Å²) in [6.07, 6.45) is 0. The Balaban J connectivity index is 1.70. The summed E-state index contributed by atoms with van der Waals surface area (Å²) in [5.41, 5.74) is 1.69. The molecule has 4 rings (SSSR count). The van der Waals surface area contributed by atoms with E-state index in [2.05, 4.69) is 29.0 Å². The molecule has 0 amide bonds. The number of piperazine rings is 1. The van der Waals surface area contributed by atoms with E-state index < -0.39 is 10.9 Å². The van der Waals surface area contributed by atoms with Crippen LogP contribution in [-0.4, -0.2) is 65.1 Å². The number of nitro groups is 1. The highest BCUT2D eigenvalue weighted by Crippen LogP contribution is 2.30. The molecule has 0 spiro atoms. The van der Waals surface area contributed by atoms with E-state index in [1.807, 2.05) is 0 Å². The van der Waals surface area contributed by atoms with Crippen molar-refractivity contribution in [2.45, 2.75) is 19.9 Å². The number of ether oxygens (including phenoxy) is 1. The van der Waals surface area contributed by atoms with Crippen molar-refractivity contribution in [2.24, 2.45) is 0 Å². The number of methoxy groups -OCH3 is 1. The lowest BCUT2D eigenvalue weighted by atomic mass is 10.2. The number of fused-ring (bicyclic) bond motifs is 1. The lowest BCUT2D eigenvalue weighted by molar-refractivity contribution is -0.384. The number of nitro benzene ring substituents is 1. The van der Waals surface area contributed by atoms with Crippen LogP contribution in [0.2, 0.25) is 0 Å². The zero-order valence-corrected chi connectivity index (χ0v) is 18.8. The van der Waals surface area contributed by atoms with Crippen LogP contribution in [0, 0.1) is 10.1 Å². The minimum Gasteiger partial charge on any atom is -0.465 e. The molecule has 1 aliphatic rings. The van der Waals surface area contributed by atoms with Crippen LogP contribution < -0.4 is 10.2 Å². The second kappa shape index (κ2) is 9.37. The van der Waals surface area contributed by atoms with E-state index in [0.29, 0.717) is 40.0 Å². The number of aromatic nitrogens is 2. The summed E-state index contributed by atoms with van der Waals surface area (Å²) in [5.74, 6) is 0.622. The highest BCUT2D eigenvalue weighted by Gasteiger charge is 2.22. The Hall–Kier alpha value is -3.79. The Bertz CT molecular complexity index is 1170.